The fourth-order valence-electron chi connectivity index (χ4n) is 2.24. The van der Waals surface area contributed by atoms with Crippen molar-refractivity contribution < 1.29 is 17.9 Å². The molecule has 0 aliphatic carbocycles. The fourth-order valence-corrected chi connectivity index (χ4v) is 4.27. The molecule has 3 aromatic rings. The van der Waals surface area contributed by atoms with Gasteiger partial charge in [-0.3, -0.25) is 14.8 Å². The summed E-state index contributed by atoms with van der Waals surface area (Å²) >= 11 is 7.21. The molecule has 11 heteroatoms. The highest BCUT2D eigenvalue weighted by Gasteiger charge is 2.21. The molecule has 1 aromatic heterocycles. The summed E-state index contributed by atoms with van der Waals surface area (Å²) in [6, 6.07) is 10.4. The van der Waals surface area contributed by atoms with Gasteiger partial charge in [0.1, 0.15) is 16.2 Å². The Morgan fingerprint density at radius 2 is 1.96 bits per heavy atom. The summed E-state index contributed by atoms with van der Waals surface area (Å²) in [6.07, 6.45) is 0. The molecule has 0 radical (unpaired) electrons. The molecule has 0 fully saturated rings. The van der Waals surface area contributed by atoms with E-state index in [1.54, 1.807) is 24.3 Å². The van der Waals surface area contributed by atoms with Crippen LogP contribution in [0.5, 0.6) is 5.75 Å². The summed E-state index contributed by atoms with van der Waals surface area (Å²) in [5.41, 5.74) is 1.92. The third-order valence-electron chi connectivity index (χ3n) is 3.48. The van der Waals surface area contributed by atoms with Gasteiger partial charge in [0.2, 0.25) is 5.13 Å². The Labute approximate surface area is 170 Å². The summed E-state index contributed by atoms with van der Waals surface area (Å²) in [5.74, 6) is 0.102. The van der Waals surface area contributed by atoms with Gasteiger partial charge >= 0.3 is 0 Å². The molecule has 0 bridgehead atoms. The van der Waals surface area contributed by atoms with Crippen LogP contribution >= 0.6 is 22.9 Å². The number of hydrogen-bond donors (Lipinski definition) is 2. The predicted molar refractivity (Wildman–Crippen MR) is 108 cm³/mol. The lowest BCUT2D eigenvalue weighted by molar-refractivity contribution is 0.102. The number of benzene rings is 2. The number of anilines is 2. The lowest BCUT2D eigenvalue weighted by atomic mass is 10.2. The number of sulfonamides is 1. The molecule has 2 N–H and O–H groups in total. The summed E-state index contributed by atoms with van der Waals surface area (Å²) < 4.78 is 33.3. The summed E-state index contributed by atoms with van der Waals surface area (Å²) in [6.45, 7) is 2.36. The van der Waals surface area contributed by atoms with Gasteiger partial charge in [0.05, 0.1) is 11.6 Å². The number of hydrogen-bond acceptors (Lipinski definition) is 7. The van der Waals surface area contributed by atoms with E-state index in [9.17, 15) is 13.2 Å². The Kier molecular flexibility index (Phi) is 6.12. The lowest BCUT2D eigenvalue weighted by Gasteiger charge is -2.11. The van der Waals surface area contributed by atoms with Crippen LogP contribution in [0.15, 0.2) is 52.9 Å². The normalized spacial score (nSPS) is 11.1. The lowest BCUT2D eigenvalue weighted by Crippen LogP contribution is -2.16. The van der Waals surface area contributed by atoms with Crippen LogP contribution in [0.4, 0.5) is 10.8 Å². The van der Waals surface area contributed by atoms with Crippen LogP contribution < -0.4 is 14.8 Å². The Morgan fingerprint density at radius 3 is 2.61 bits per heavy atom. The van der Waals surface area contributed by atoms with Crippen molar-refractivity contribution >= 4 is 49.7 Å². The molecule has 3 rings (SSSR count). The third-order valence-corrected chi connectivity index (χ3v) is 5.95. The largest absolute Gasteiger partial charge is 0.494 e. The highest BCUT2D eigenvalue weighted by atomic mass is 35.5. The molecule has 0 aliphatic heterocycles. The molecular formula is C17H15ClN4O4S2. The zero-order valence-electron chi connectivity index (χ0n) is 14.5. The van der Waals surface area contributed by atoms with Crippen LogP contribution in [0.25, 0.3) is 0 Å². The van der Waals surface area contributed by atoms with Crippen molar-refractivity contribution in [2.45, 2.75) is 11.8 Å². The number of nitrogens with one attached hydrogen (secondary N) is 2. The molecule has 28 heavy (non-hydrogen) atoms. The smallest absolute Gasteiger partial charge is 0.263 e. The quantitative estimate of drug-likeness (QED) is 0.582. The molecule has 0 saturated carbocycles. The third kappa shape index (κ3) is 4.77. The fraction of sp³-hybridized carbons (Fsp3) is 0.118. The first kappa shape index (κ1) is 20.1. The van der Waals surface area contributed by atoms with Crippen LogP contribution in [0.3, 0.4) is 0 Å². The second-order valence-electron chi connectivity index (χ2n) is 5.41. The van der Waals surface area contributed by atoms with Crippen molar-refractivity contribution in [3.8, 4) is 5.75 Å². The molecular weight excluding hydrogens is 424 g/mol. The number of nitrogens with zero attached hydrogens (tertiary/aromatic N) is 2. The monoisotopic (exact) mass is 438 g/mol. The number of aromatic nitrogens is 2. The number of amides is 1. The molecule has 0 spiro atoms. The van der Waals surface area contributed by atoms with Crippen LogP contribution in [0.2, 0.25) is 5.02 Å². The van der Waals surface area contributed by atoms with Crippen molar-refractivity contribution in [1.82, 2.24) is 10.2 Å². The van der Waals surface area contributed by atoms with Gasteiger partial charge in [0.15, 0.2) is 0 Å². The van der Waals surface area contributed by atoms with Crippen LogP contribution in [0.1, 0.15) is 17.3 Å². The maximum Gasteiger partial charge on any atom is 0.263 e. The number of carbonyl (C=O) groups excluding carboxylic acids is 1. The molecule has 1 heterocycles. The average molecular weight is 439 g/mol. The highest BCUT2D eigenvalue weighted by molar-refractivity contribution is 7.92. The SMILES string of the molecule is CCOc1ccc(NS(=O)(=O)c2cc(C(=O)Nc3nncs3)ccc2Cl)cc1. The van der Waals surface area contributed by atoms with E-state index in [0.717, 1.165) is 11.3 Å². The van der Waals surface area contributed by atoms with Gasteiger partial charge in [-0.05, 0) is 49.4 Å². The molecule has 146 valence electrons. The minimum Gasteiger partial charge on any atom is -0.494 e. The van der Waals surface area contributed by atoms with Gasteiger partial charge in [0, 0.05) is 11.3 Å². The second kappa shape index (κ2) is 8.55. The van der Waals surface area contributed by atoms with Gasteiger partial charge in [0.25, 0.3) is 15.9 Å². The standard InChI is InChI=1S/C17H15ClN4O4S2/c1-2-26-13-6-4-12(5-7-13)22-28(24,25)15-9-11(3-8-14(15)18)16(23)20-17-21-19-10-27-17/h3-10,22H,2H2,1H3,(H,20,21,23). The van der Waals surface area contributed by atoms with Crippen molar-refractivity contribution in [2.24, 2.45) is 0 Å². The van der Waals surface area contributed by atoms with Crippen molar-refractivity contribution in [3.05, 3.63) is 58.6 Å². The second-order valence-corrected chi connectivity index (χ2v) is 8.30. The topological polar surface area (TPSA) is 110 Å². The Morgan fingerprint density at radius 1 is 1.21 bits per heavy atom. The van der Waals surface area contributed by atoms with Crippen LogP contribution in [0, 0.1) is 0 Å². The number of carbonyl (C=O) groups is 1. The minimum atomic E-state index is -4.02. The summed E-state index contributed by atoms with van der Waals surface area (Å²) in [7, 11) is -4.02. The maximum atomic E-state index is 12.7. The van der Waals surface area contributed by atoms with E-state index >= 15 is 0 Å². The van der Waals surface area contributed by atoms with Gasteiger partial charge in [-0.15, -0.1) is 10.2 Å². The molecule has 0 unspecified atom stereocenters. The first-order valence-corrected chi connectivity index (χ1v) is 10.8. The van der Waals surface area contributed by atoms with Gasteiger partial charge < -0.3 is 4.74 Å². The van der Waals surface area contributed by atoms with E-state index in [2.05, 4.69) is 20.2 Å². The van der Waals surface area contributed by atoms with Gasteiger partial charge in [-0.1, -0.05) is 22.9 Å². The van der Waals surface area contributed by atoms with E-state index in [4.69, 9.17) is 16.3 Å². The van der Waals surface area contributed by atoms with E-state index in [0.29, 0.717) is 23.2 Å². The minimum absolute atomic E-state index is 0.00842. The van der Waals surface area contributed by atoms with E-state index in [-0.39, 0.29) is 15.5 Å². The van der Waals surface area contributed by atoms with E-state index in [1.165, 1.54) is 23.7 Å². The van der Waals surface area contributed by atoms with Crippen molar-refractivity contribution in [1.29, 1.82) is 0 Å². The van der Waals surface area contributed by atoms with Crippen molar-refractivity contribution in [2.75, 3.05) is 16.6 Å². The Bertz CT molecular complexity index is 1070. The van der Waals surface area contributed by atoms with Crippen molar-refractivity contribution in [3.63, 3.8) is 0 Å². The first-order chi connectivity index (χ1) is 13.4. The highest BCUT2D eigenvalue weighted by Crippen LogP contribution is 2.26. The van der Waals surface area contributed by atoms with Gasteiger partial charge in [-0.2, -0.15) is 0 Å². The summed E-state index contributed by atoms with van der Waals surface area (Å²) in [4.78, 5) is 12.1. The molecule has 0 atom stereocenters. The molecule has 0 saturated heterocycles. The Balaban J connectivity index is 1.83. The maximum absolute atomic E-state index is 12.7. The van der Waals surface area contributed by atoms with Crippen LogP contribution in [-0.4, -0.2) is 31.1 Å². The molecule has 0 aliphatic rings. The number of rotatable bonds is 7. The number of ether oxygens (including phenoxy) is 1. The molecule has 1 amide bonds. The zero-order valence-corrected chi connectivity index (χ0v) is 16.9. The van der Waals surface area contributed by atoms with Crippen LogP contribution in [-0.2, 0) is 10.0 Å². The molecule has 2 aromatic carbocycles. The number of halogens is 1. The summed E-state index contributed by atoms with van der Waals surface area (Å²) in [5, 5.41) is 10.2. The molecule has 8 nitrogen and oxygen atoms in total. The Hall–Kier alpha value is -2.69. The van der Waals surface area contributed by atoms with E-state index in [1.807, 2.05) is 6.92 Å². The van der Waals surface area contributed by atoms with E-state index < -0.39 is 15.9 Å². The average Bonchev–Trinajstić information content (AvgIpc) is 3.16. The zero-order chi connectivity index (χ0) is 20.1. The predicted octanol–water partition coefficient (Wildman–Crippen LogP) is 3.64. The first-order valence-electron chi connectivity index (χ1n) is 8.02. The van der Waals surface area contributed by atoms with Gasteiger partial charge in [-0.25, -0.2) is 8.42 Å².